The van der Waals surface area contributed by atoms with Gasteiger partial charge in [-0.15, -0.1) is 0 Å². The number of hydrogen-bond donors (Lipinski definition) is 0. The van der Waals surface area contributed by atoms with Gasteiger partial charge in [-0.25, -0.2) is 4.79 Å². The molecule has 0 spiro atoms. The summed E-state index contributed by atoms with van der Waals surface area (Å²) in [6.45, 7) is 8.97. The Morgan fingerprint density at radius 1 is 0.833 bits per heavy atom. The van der Waals surface area contributed by atoms with E-state index in [1.807, 2.05) is 38.1 Å². The predicted octanol–water partition coefficient (Wildman–Crippen LogP) is 6.34. The Labute approximate surface area is 179 Å². The summed E-state index contributed by atoms with van der Waals surface area (Å²) in [4.78, 5) is 12.5. The van der Waals surface area contributed by atoms with Crippen LogP contribution in [-0.2, 0) is 12.8 Å². The lowest BCUT2D eigenvalue weighted by Gasteiger charge is -2.14. The second-order valence-corrected chi connectivity index (χ2v) is 8.08. The zero-order valence-corrected chi connectivity index (χ0v) is 18.3. The van der Waals surface area contributed by atoms with Gasteiger partial charge in [0.15, 0.2) is 0 Å². The molecule has 0 fully saturated rings. The maximum absolute atomic E-state index is 12.5. The minimum absolute atomic E-state index is 0.352. The summed E-state index contributed by atoms with van der Waals surface area (Å²) in [5, 5.41) is 0. The van der Waals surface area contributed by atoms with Gasteiger partial charge in [-0.1, -0.05) is 56.3 Å². The highest BCUT2D eigenvalue weighted by molar-refractivity contribution is 5.93. The molecule has 30 heavy (non-hydrogen) atoms. The third-order valence-electron chi connectivity index (χ3n) is 5.23. The van der Waals surface area contributed by atoms with Gasteiger partial charge in [-0.2, -0.15) is 0 Å². The van der Waals surface area contributed by atoms with Crippen LogP contribution in [0.15, 0.2) is 66.7 Å². The minimum atomic E-state index is -0.352. The first-order chi connectivity index (χ1) is 14.4. The quantitative estimate of drug-likeness (QED) is 0.326. The van der Waals surface area contributed by atoms with Gasteiger partial charge in [-0.05, 0) is 72.7 Å². The van der Waals surface area contributed by atoms with Crippen LogP contribution in [0.4, 0.5) is 0 Å². The summed E-state index contributed by atoms with van der Waals surface area (Å²) in [6.07, 6.45) is 1.95. The first kappa shape index (κ1) is 21.6. The zero-order chi connectivity index (χ0) is 21.5. The van der Waals surface area contributed by atoms with Crippen LogP contribution in [-0.4, -0.2) is 12.6 Å². The van der Waals surface area contributed by atoms with E-state index in [2.05, 4.69) is 38.1 Å². The molecule has 3 heteroatoms. The summed E-state index contributed by atoms with van der Waals surface area (Å²) in [7, 11) is 0. The molecule has 0 unspecified atom stereocenters. The Morgan fingerprint density at radius 3 is 2.17 bits per heavy atom. The van der Waals surface area contributed by atoms with Crippen LogP contribution in [0, 0.1) is 19.8 Å². The molecule has 0 aliphatic heterocycles. The van der Waals surface area contributed by atoms with Crippen LogP contribution in [0.1, 0.15) is 46.5 Å². The van der Waals surface area contributed by atoms with Gasteiger partial charge in [0.25, 0.3) is 0 Å². The van der Waals surface area contributed by atoms with Crippen LogP contribution in [0.5, 0.6) is 11.5 Å². The van der Waals surface area contributed by atoms with E-state index >= 15 is 0 Å². The second-order valence-electron chi connectivity index (χ2n) is 8.08. The maximum Gasteiger partial charge on any atom is 0.343 e. The van der Waals surface area contributed by atoms with E-state index in [9.17, 15) is 4.79 Å². The first-order valence-corrected chi connectivity index (χ1v) is 10.5. The van der Waals surface area contributed by atoms with E-state index in [0.717, 1.165) is 29.7 Å². The Morgan fingerprint density at radius 2 is 1.50 bits per heavy atom. The van der Waals surface area contributed by atoms with Gasteiger partial charge >= 0.3 is 5.97 Å². The summed E-state index contributed by atoms with van der Waals surface area (Å²) < 4.78 is 11.5. The fourth-order valence-electron chi connectivity index (χ4n) is 3.42. The Bertz CT molecular complexity index is 973. The Hall–Kier alpha value is -3.07. The predicted molar refractivity (Wildman–Crippen MR) is 121 cm³/mol. The number of esters is 1. The summed E-state index contributed by atoms with van der Waals surface area (Å²) in [5.74, 6) is 1.66. The van der Waals surface area contributed by atoms with Crippen molar-refractivity contribution in [2.24, 2.45) is 5.92 Å². The molecule has 3 nitrogen and oxygen atoms in total. The van der Waals surface area contributed by atoms with Crippen LogP contribution in [0.25, 0.3) is 0 Å². The van der Waals surface area contributed by atoms with Crippen LogP contribution in [0.3, 0.4) is 0 Å². The highest BCUT2D eigenvalue weighted by Crippen LogP contribution is 2.25. The van der Waals surface area contributed by atoms with Gasteiger partial charge in [-0.3, -0.25) is 0 Å². The van der Waals surface area contributed by atoms with Crippen molar-refractivity contribution < 1.29 is 14.3 Å². The standard InChI is InChI=1S/C27H30O3/c1-19(2)18-23-12-10-22(11-13-23)16-17-29-26-15-14-25(20(3)21(26)4)27(28)30-24-8-6-5-7-9-24/h5-15,19H,16-18H2,1-4H3. The fourth-order valence-corrected chi connectivity index (χ4v) is 3.42. The lowest BCUT2D eigenvalue weighted by Crippen LogP contribution is -2.12. The summed E-state index contributed by atoms with van der Waals surface area (Å²) in [5.41, 5.74) is 5.04. The van der Waals surface area contributed by atoms with E-state index in [-0.39, 0.29) is 5.97 Å². The topological polar surface area (TPSA) is 35.5 Å². The minimum Gasteiger partial charge on any atom is -0.493 e. The number of para-hydroxylation sites is 1. The molecular formula is C27H30O3. The van der Waals surface area contributed by atoms with Crippen LogP contribution >= 0.6 is 0 Å². The smallest absolute Gasteiger partial charge is 0.343 e. The molecule has 3 aromatic rings. The van der Waals surface area contributed by atoms with Gasteiger partial charge in [0, 0.05) is 6.42 Å². The lowest BCUT2D eigenvalue weighted by molar-refractivity contribution is 0.0734. The van der Waals surface area contributed by atoms with Crippen LogP contribution < -0.4 is 9.47 Å². The molecule has 0 amide bonds. The highest BCUT2D eigenvalue weighted by Gasteiger charge is 2.15. The van der Waals surface area contributed by atoms with Gasteiger partial charge in [0.05, 0.1) is 12.2 Å². The van der Waals surface area contributed by atoms with Crippen molar-refractivity contribution in [1.82, 2.24) is 0 Å². The molecule has 3 rings (SSSR count). The number of carbonyl (C=O) groups is 1. The molecular weight excluding hydrogens is 372 g/mol. The number of carbonyl (C=O) groups excluding carboxylic acids is 1. The molecule has 0 saturated carbocycles. The SMILES string of the molecule is Cc1c(OCCc2ccc(CC(C)C)cc2)ccc(C(=O)Oc2ccccc2)c1C. The van der Waals surface area contributed by atoms with E-state index in [1.54, 1.807) is 18.2 Å². The molecule has 0 atom stereocenters. The molecule has 0 bridgehead atoms. The van der Waals surface area contributed by atoms with Crippen molar-refractivity contribution in [3.8, 4) is 11.5 Å². The molecule has 156 valence electrons. The number of ether oxygens (including phenoxy) is 2. The van der Waals surface area contributed by atoms with Crippen molar-refractivity contribution in [1.29, 1.82) is 0 Å². The molecule has 0 aliphatic rings. The fraction of sp³-hybridized carbons (Fsp3) is 0.296. The van der Waals surface area contributed by atoms with Crippen LogP contribution in [0.2, 0.25) is 0 Å². The van der Waals surface area contributed by atoms with E-state index in [4.69, 9.17) is 9.47 Å². The molecule has 0 radical (unpaired) electrons. The van der Waals surface area contributed by atoms with Crippen molar-refractivity contribution >= 4 is 5.97 Å². The largest absolute Gasteiger partial charge is 0.493 e. The molecule has 0 heterocycles. The summed E-state index contributed by atoms with van der Waals surface area (Å²) >= 11 is 0. The third kappa shape index (κ3) is 5.73. The average molecular weight is 403 g/mol. The number of benzene rings is 3. The van der Waals surface area contributed by atoms with E-state index in [1.165, 1.54) is 11.1 Å². The van der Waals surface area contributed by atoms with Crippen molar-refractivity contribution in [3.63, 3.8) is 0 Å². The van der Waals surface area contributed by atoms with Gasteiger partial charge in [0.1, 0.15) is 11.5 Å². The third-order valence-corrected chi connectivity index (χ3v) is 5.23. The average Bonchev–Trinajstić information content (AvgIpc) is 2.73. The normalized spacial score (nSPS) is 10.8. The van der Waals surface area contributed by atoms with Crippen molar-refractivity contribution in [2.75, 3.05) is 6.61 Å². The van der Waals surface area contributed by atoms with Crippen molar-refractivity contribution in [2.45, 2.75) is 40.5 Å². The monoisotopic (exact) mass is 402 g/mol. The van der Waals surface area contributed by atoms with Gasteiger partial charge < -0.3 is 9.47 Å². The Balaban J connectivity index is 1.59. The summed E-state index contributed by atoms with van der Waals surface area (Å²) in [6, 6.07) is 21.5. The van der Waals surface area contributed by atoms with E-state index < -0.39 is 0 Å². The Kier molecular flexibility index (Phi) is 7.29. The van der Waals surface area contributed by atoms with Gasteiger partial charge in [0.2, 0.25) is 0 Å². The maximum atomic E-state index is 12.5. The van der Waals surface area contributed by atoms with E-state index in [0.29, 0.717) is 23.8 Å². The zero-order valence-electron chi connectivity index (χ0n) is 18.3. The molecule has 0 N–H and O–H groups in total. The number of hydrogen-bond acceptors (Lipinski definition) is 3. The van der Waals surface area contributed by atoms with Crippen molar-refractivity contribution in [3.05, 3.63) is 94.5 Å². The lowest BCUT2D eigenvalue weighted by atomic mass is 10.0. The highest BCUT2D eigenvalue weighted by atomic mass is 16.5. The second kappa shape index (κ2) is 10.1. The first-order valence-electron chi connectivity index (χ1n) is 10.5. The molecule has 0 saturated heterocycles. The molecule has 0 aliphatic carbocycles. The molecule has 3 aromatic carbocycles. The molecule has 0 aromatic heterocycles. The number of rotatable bonds is 8.